The van der Waals surface area contributed by atoms with Gasteiger partial charge in [0, 0.05) is 11.0 Å². The van der Waals surface area contributed by atoms with Crippen molar-refractivity contribution >= 4 is 5.95 Å². The third kappa shape index (κ3) is 1.65. The van der Waals surface area contributed by atoms with Crippen molar-refractivity contribution in [1.29, 1.82) is 0 Å². The summed E-state index contributed by atoms with van der Waals surface area (Å²) in [4.78, 5) is 4.08. The van der Waals surface area contributed by atoms with Crippen molar-refractivity contribution in [2.45, 2.75) is 38.6 Å². The van der Waals surface area contributed by atoms with Crippen LogP contribution < -0.4 is 11.5 Å². The quantitative estimate of drug-likeness (QED) is 0.618. The van der Waals surface area contributed by atoms with Gasteiger partial charge in [-0.05, 0) is 13.8 Å². The number of nitrogens with two attached hydrogens (primary N) is 2. The zero-order chi connectivity index (χ0) is 10.3. The molecule has 5 N–H and O–H groups in total. The van der Waals surface area contributed by atoms with Crippen LogP contribution in [0.1, 0.15) is 33.5 Å². The van der Waals surface area contributed by atoms with Gasteiger partial charge in [-0.15, -0.1) is 5.10 Å². The van der Waals surface area contributed by atoms with E-state index in [1.54, 1.807) is 0 Å². The smallest absolute Gasteiger partial charge is 0.239 e. The molecule has 0 radical (unpaired) electrons. The predicted molar refractivity (Wildman–Crippen MR) is 52.1 cm³/mol. The fourth-order valence-electron chi connectivity index (χ4n) is 0.859. The van der Waals surface area contributed by atoms with E-state index < -0.39 is 0 Å². The predicted octanol–water partition coefficient (Wildman–Crippen LogP) is 0.402. The van der Waals surface area contributed by atoms with Crippen LogP contribution in [0.4, 0.5) is 5.95 Å². The second-order valence-corrected chi connectivity index (χ2v) is 4.39. The summed E-state index contributed by atoms with van der Waals surface area (Å²) in [6, 6.07) is 0. The molecule has 74 valence electrons. The third-order valence-corrected chi connectivity index (χ3v) is 2.71. The lowest BCUT2D eigenvalue weighted by Crippen LogP contribution is -2.50. The highest BCUT2D eigenvalue weighted by Crippen LogP contribution is 2.30. The molecule has 13 heavy (non-hydrogen) atoms. The zero-order valence-corrected chi connectivity index (χ0v) is 8.55. The fourth-order valence-corrected chi connectivity index (χ4v) is 0.859. The number of aromatic amines is 1. The van der Waals surface area contributed by atoms with Gasteiger partial charge in [0.25, 0.3) is 0 Å². The Morgan fingerprint density at radius 3 is 2.08 bits per heavy atom. The minimum Gasteiger partial charge on any atom is -0.367 e. The Labute approximate surface area is 77.9 Å². The van der Waals surface area contributed by atoms with E-state index in [9.17, 15) is 0 Å². The van der Waals surface area contributed by atoms with Crippen LogP contribution in [0.2, 0.25) is 0 Å². The van der Waals surface area contributed by atoms with Crippen LogP contribution in [-0.2, 0) is 5.41 Å². The number of nitrogens with one attached hydrogen (secondary N) is 1. The zero-order valence-electron chi connectivity index (χ0n) is 8.55. The van der Waals surface area contributed by atoms with E-state index >= 15 is 0 Å². The Bertz CT molecular complexity index is 294. The summed E-state index contributed by atoms with van der Waals surface area (Å²) in [5, 5.41) is 6.57. The molecule has 0 spiro atoms. The first kappa shape index (κ1) is 9.98. The van der Waals surface area contributed by atoms with Crippen molar-refractivity contribution in [3.05, 3.63) is 5.82 Å². The maximum Gasteiger partial charge on any atom is 0.239 e. The minimum absolute atomic E-state index is 0.257. The molecule has 5 nitrogen and oxygen atoms in total. The van der Waals surface area contributed by atoms with Gasteiger partial charge in [-0.2, -0.15) is 4.98 Å². The van der Waals surface area contributed by atoms with E-state index in [2.05, 4.69) is 15.2 Å². The van der Waals surface area contributed by atoms with Crippen LogP contribution in [0.5, 0.6) is 0 Å². The summed E-state index contributed by atoms with van der Waals surface area (Å²) in [6.07, 6.45) is 0. The maximum atomic E-state index is 6.03. The van der Waals surface area contributed by atoms with Gasteiger partial charge in [-0.25, -0.2) is 0 Å². The first-order valence-electron chi connectivity index (χ1n) is 4.22. The molecule has 0 aromatic carbocycles. The van der Waals surface area contributed by atoms with Gasteiger partial charge in [-0.1, -0.05) is 13.8 Å². The molecule has 0 unspecified atom stereocenters. The molecule has 0 aliphatic heterocycles. The topological polar surface area (TPSA) is 93.6 Å². The molecule has 0 saturated heterocycles. The van der Waals surface area contributed by atoms with Gasteiger partial charge >= 0.3 is 0 Å². The second kappa shape index (κ2) is 2.70. The van der Waals surface area contributed by atoms with E-state index in [0.29, 0.717) is 0 Å². The molecule has 1 heterocycles. The average molecular weight is 183 g/mol. The highest BCUT2D eigenvalue weighted by Gasteiger charge is 2.37. The number of hydrogen-bond donors (Lipinski definition) is 3. The van der Waals surface area contributed by atoms with Crippen molar-refractivity contribution < 1.29 is 0 Å². The van der Waals surface area contributed by atoms with E-state index in [1.807, 2.05) is 27.7 Å². The highest BCUT2D eigenvalue weighted by molar-refractivity contribution is 5.20. The summed E-state index contributed by atoms with van der Waals surface area (Å²) < 4.78 is 0. The highest BCUT2D eigenvalue weighted by atomic mass is 15.3. The number of hydrogen-bond acceptors (Lipinski definition) is 4. The van der Waals surface area contributed by atoms with Gasteiger partial charge in [0.1, 0.15) is 5.82 Å². The molecule has 0 saturated carbocycles. The monoisotopic (exact) mass is 183 g/mol. The molecule has 0 aliphatic carbocycles. The van der Waals surface area contributed by atoms with Gasteiger partial charge in [0.15, 0.2) is 0 Å². The number of aromatic nitrogens is 3. The van der Waals surface area contributed by atoms with Gasteiger partial charge in [0.05, 0.1) is 0 Å². The molecule has 0 atom stereocenters. The summed E-state index contributed by atoms with van der Waals surface area (Å²) >= 11 is 0. The molecule has 0 bridgehead atoms. The summed E-state index contributed by atoms with van der Waals surface area (Å²) in [5.74, 6) is 0.977. The second-order valence-electron chi connectivity index (χ2n) is 4.39. The molecule has 1 aromatic heterocycles. The van der Waals surface area contributed by atoms with Crippen LogP contribution in [0, 0.1) is 0 Å². The molecule has 5 heteroatoms. The molecule has 1 rings (SSSR count). The van der Waals surface area contributed by atoms with Crippen LogP contribution in [0.25, 0.3) is 0 Å². The summed E-state index contributed by atoms with van der Waals surface area (Å²) in [7, 11) is 0. The number of nitrogen functional groups attached to an aromatic ring is 1. The number of nitrogens with zero attached hydrogens (tertiary/aromatic N) is 2. The Hall–Kier alpha value is -1.10. The first-order chi connectivity index (χ1) is 5.75. The lowest BCUT2D eigenvalue weighted by Gasteiger charge is -2.36. The number of H-pyrrole nitrogens is 1. The lowest BCUT2D eigenvalue weighted by atomic mass is 9.75. The average Bonchev–Trinajstić information content (AvgIpc) is 2.33. The van der Waals surface area contributed by atoms with Gasteiger partial charge in [0.2, 0.25) is 5.95 Å². The molecule has 0 aliphatic rings. The molecule has 0 amide bonds. The Kier molecular flexibility index (Phi) is 2.07. The number of rotatable bonds is 2. The number of anilines is 1. The summed E-state index contributed by atoms with van der Waals surface area (Å²) in [6.45, 7) is 7.91. The van der Waals surface area contributed by atoms with E-state index in [-0.39, 0.29) is 16.9 Å². The molecule has 1 aromatic rings. The van der Waals surface area contributed by atoms with Crippen LogP contribution in [0.3, 0.4) is 0 Å². The first-order valence-corrected chi connectivity index (χ1v) is 4.22. The lowest BCUT2D eigenvalue weighted by molar-refractivity contribution is 0.292. The largest absolute Gasteiger partial charge is 0.367 e. The van der Waals surface area contributed by atoms with Crippen molar-refractivity contribution in [3.8, 4) is 0 Å². The van der Waals surface area contributed by atoms with E-state index in [0.717, 1.165) is 5.82 Å². The maximum absolute atomic E-state index is 6.03. The van der Waals surface area contributed by atoms with Crippen molar-refractivity contribution in [3.63, 3.8) is 0 Å². The normalized spacial score (nSPS) is 13.3. The van der Waals surface area contributed by atoms with Crippen molar-refractivity contribution in [2.75, 3.05) is 5.73 Å². The molecular weight excluding hydrogens is 166 g/mol. The van der Waals surface area contributed by atoms with Crippen molar-refractivity contribution in [2.24, 2.45) is 5.73 Å². The molecular formula is C8H17N5. The summed E-state index contributed by atoms with van der Waals surface area (Å²) in [5.41, 5.74) is 10.8. The Balaban J connectivity index is 3.07. The van der Waals surface area contributed by atoms with Crippen LogP contribution in [0.15, 0.2) is 0 Å². The molecule has 0 fully saturated rings. The van der Waals surface area contributed by atoms with Gasteiger partial charge < -0.3 is 11.5 Å². The SMILES string of the molecule is CC(C)(N)C(C)(C)c1nc(N)n[nH]1. The Morgan fingerprint density at radius 1 is 1.23 bits per heavy atom. The van der Waals surface area contributed by atoms with E-state index in [1.165, 1.54) is 0 Å². The minimum atomic E-state index is -0.376. The standard InChI is InChI=1S/C8H17N5/c1-7(2,8(3,4)10)5-11-6(9)13-12-5/h10H2,1-4H3,(H3,9,11,12,13). The van der Waals surface area contributed by atoms with Crippen molar-refractivity contribution in [1.82, 2.24) is 15.2 Å². The third-order valence-electron chi connectivity index (χ3n) is 2.71. The van der Waals surface area contributed by atoms with E-state index in [4.69, 9.17) is 11.5 Å². The fraction of sp³-hybridized carbons (Fsp3) is 0.750. The van der Waals surface area contributed by atoms with Crippen LogP contribution in [-0.4, -0.2) is 20.7 Å². The van der Waals surface area contributed by atoms with Crippen LogP contribution >= 0.6 is 0 Å². The van der Waals surface area contributed by atoms with Gasteiger partial charge in [-0.3, -0.25) is 5.10 Å². The Morgan fingerprint density at radius 2 is 1.77 bits per heavy atom.